The van der Waals surface area contributed by atoms with E-state index in [0.717, 1.165) is 47.9 Å². The van der Waals surface area contributed by atoms with Gasteiger partial charge in [-0.2, -0.15) is 5.10 Å². The van der Waals surface area contributed by atoms with Crippen molar-refractivity contribution in [1.82, 2.24) is 19.7 Å². The number of anilines is 1. The highest BCUT2D eigenvalue weighted by Gasteiger charge is 2.29. The van der Waals surface area contributed by atoms with Gasteiger partial charge in [0.15, 0.2) is 0 Å². The van der Waals surface area contributed by atoms with Crippen molar-refractivity contribution in [2.45, 2.75) is 32.4 Å². The van der Waals surface area contributed by atoms with E-state index in [4.69, 9.17) is 0 Å². The van der Waals surface area contributed by atoms with Crippen molar-refractivity contribution in [1.29, 1.82) is 0 Å². The average molecular weight is 367 g/mol. The van der Waals surface area contributed by atoms with Gasteiger partial charge in [0.05, 0.1) is 23.3 Å². The van der Waals surface area contributed by atoms with Crippen LogP contribution in [0.25, 0.3) is 11.3 Å². The summed E-state index contributed by atoms with van der Waals surface area (Å²) in [6.07, 6.45) is 5.74. The SMILES string of the molecule is Cc1nc(-c2cccc(NC(=O)N3CCC[C@H]3Cn3cccn3)c2)cs1. The van der Waals surface area contributed by atoms with Crippen molar-refractivity contribution < 1.29 is 4.79 Å². The minimum atomic E-state index is -0.0498. The van der Waals surface area contributed by atoms with Gasteiger partial charge in [0, 0.05) is 35.6 Å². The molecule has 0 bridgehead atoms. The molecule has 1 N–H and O–H groups in total. The summed E-state index contributed by atoms with van der Waals surface area (Å²) in [7, 11) is 0. The topological polar surface area (TPSA) is 63.1 Å². The van der Waals surface area contributed by atoms with Crippen molar-refractivity contribution in [2.75, 3.05) is 11.9 Å². The Kier molecular flexibility index (Phi) is 4.71. The molecule has 7 heteroatoms. The number of hydrogen-bond donors (Lipinski definition) is 1. The second-order valence-electron chi connectivity index (χ2n) is 6.48. The third-order valence-corrected chi connectivity index (χ3v) is 5.40. The number of urea groups is 1. The molecule has 0 saturated carbocycles. The fraction of sp³-hybridized carbons (Fsp3) is 0.316. The molecular weight excluding hydrogens is 346 g/mol. The van der Waals surface area contributed by atoms with Crippen molar-refractivity contribution in [3.63, 3.8) is 0 Å². The summed E-state index contributed by atoms with van der Waals surface area (Å²) in [5.41, 5.74) is 2.76. The van der Waals surface area contributed by atoms with Crippen LogP contribution in [0.3, 0.4) is 0 Å². The first kappa shape index (κ1) is 16.8. The van der Waals surface area contributed by atoms with Gasteiger partial charge in [-0.3, -0.25) is 4.68 Å². The van der Waals surface area contributed by atoms with Crippen LogP contribution in [0.5, 0.6) is 0 Å². The molecule has 1 aliphatic rings. The molecule has 1 aliphatic heterocycles. The summed E-state index contributed by atoms with van der Waals surface area (Å²) in [6, 6.07) is 9.89. The molecule has 26 heavy (non-hydrogen) atoms. The highest BCUT2D eigenvalue weighted by molar-refractivity contribution is 7.09. The average Bonchev–Trinajstić information content (AvgIpc) is 3.37. The van der Waals surface area contributed by atoms with E-state index in [9.17, 15) is 4.79 Å². The van der Waals surface area contributed by atoms with E-state index in [1.807, 2.05) is 58.4 Å². The molecule has 2 amide bonds. The number of nitrogens with one attached hydrogen (secondary N) is 1. The number of thiazole rings is 1. The summed E-state index contributed by atoms with van der Waals surface area (Å²) in [5, 5.41) is 10.4. The molecule has 0 aliphatic carbocycles. The number of carbonyl (C=O) groups is 1. The summed E-state index contributed by atoms with van der Waals surface area (Å²) >= 11 is 1.63. The Balaban J connectivity index is 1.45. The summed E-state index contributed by atoms with van der Waals surface area (Å²) in [4.78, 5) is 19.2. The van der Waals surface area contributed by atoms with Gasteiger partial charge >= 0.3 is 6.03 Å². The van der Waals surface area contributed by atoms with E-state index in [1.165, 1.54) is 0 Å². The number of aromatic nitrogens is 3. The molecule has 4 rings (SSSR count). The molecule has 1 atom stereocenters. The lowest BCUT2D eigenvalue weighted by atomic mass is 10.1. The Morgan fingerprint density at radius 2 is 2.31 bits per heavy atom. The second-order valence-corrected chi connectivity index (χ2v) is 7.54. The van der Waals surface area contributed by atoms with Crippen LogP contribution in [0.2, 0.25) is 0 Å². The standard InChI is InChI=1S/C19H21N5OS/c1-14-21-18(13-26-14)15-5-2-6-16(11-15)22-19(25)24-10-3-7-17(24)12-23-9-4-8-20-23/h2,4-6,8-9,11,13,17H,3,7,10,12H2,1H3,(H,22,25)/t17-/m0/s1. The maximum atomic E-state index is 12.8. The number of carbonyl (C=O) groups excluding carboxylic acids is 1. The monoisotopic (exact) mass is 367 g/mol. The zero-order valence-electron chi connectivity index (χ0n) is 14.6. The third kappa shape index (κ3) is 3.62. The highest BCUT2D eigenvalue weighted by Crippen LogP contribution is 2.25. The van der Waals surface area contributed by atoms with Crippen LogP contribution in [0.15, 0.2) is 48.1 Å². The van der Waals surface area contributed by atoms with E-state index in [0.29, 0.717) is 0 Å². The van der Waals surface area contributed by atoms with Crippen molar-refractivity contribution in [3.8, 4) is 11.3 Å². The minimum Gasteiger partial charge on any atom is -0.320 e. The molecule has 1 saturated heterocycles. The highest BCUT2D eigenvalue weighted by atomic mass is 32.1. The fourth-order valence-electron chi connectivity index (χ4n) is 3.36. The lowest BCUT2D eigenvalue weighted by molar-refractivity contribution is 0.199. The zero-order valence-corrected chi connectivity index (χ0v) is 15.4. The van der Waals surface area contributed by atoms with Gasteiger partial charge in [-0.15, -0.1) is 11.3 Å². The zero-order chi connectivity index (χ0) is 17.9. The molecule has 1 aromatic carbocycles. The van der Waals surface area contributed by atoms with E-state index >= 15 is 0 Å². The first-order valence-corrected chi connectivity index (χ1v) is 9.64. The Labute approximate surface area is 156 Å². The molecule has 1 fully saturated rings. The Morgan fingerprint density at radius 3 is 3.08 bits per heavy atom. The number of hydrogen-bond acceptors (Lipinski definition) is 4. The van der Waals surface area contributed by atoms with Crippen LogP contribution in [-0.2, 0) is 6.54 Å². The van der Waals surface area contributed by atoms with E-state index in [1.54, 1.807) is 17.5 Å². The normalized spacial score (nSPS) is 16.8. The third-order valence-electron chi connectivity index (χ3n) is 4.62. The molecular formula is C19H21N5OS. The van der Waals surface area contributed by atoms with E-state index in [-0.39, 0.29) is 12.1 Å². The van der Waals surface area contributed by atoms with Gasteiger partial charge in [-0.05, 0) is 38.0 Å². The Bertz CT molecular complexity index is 889. The maximum absolute atomic E-state index is 12.8. The Morgan fingerprint density at radius 1 is 1.38 bits per heavy atom. The quantitative estimate of drug-likeness (QED) is 0.758. The molecule has 6 nitrogen and oxygen atoms in total. The smallest absolute Gasteiger partial charge is 0.320 e. The number of nitrogens with zero attached hydrogens (tertiary/aromatic N) is 4. The lowest BCUT2D eigenvalue weighted by Crippen LogP contribution is -2.40. The minimum absolute atomic E-state index is 0.0498. The van der Waals surface area contributed by atoms with Crippen LogP contribution in [-0.4, -0.2) is 38.3 Å². The number of aryl methyl sites for hydroxylation is 1. The summed E-state index contributed by atoms with van der Waals surface area (Å²) < 4.78 is 1.89. The maximum Gasteiger partial charge on any atom is 0.322 e. The van der Waals surface area contributed by atoms with Crippen LogP contribution in [0.1, 0.15) is 17.8 Å². The Hall–Kier alpha value is -2.67. The van der Waals surface area contributed by atoms with E-state index < -0.39 is 0 Å². The molecule has 2 aromatic heterocycles. The molecule has 3 heterocycles. The first-order chi connectivity index (χ1) is 12.7. The largest absolute Gasteiger partial charge is 0.322 e. The molecule has 3 aromatic rings. The summed E-state index contributed by atoms with van der Waals surface area (Å²) in [6.45, 7) is 3.51. The summed E-state index contributed by atoms with van der Waals surface area (Å²) in [5.74, 6) is 0. The fourth-order valence-corrected chi connectivity index (χ4v) is 3.99. The second kappa shape index (κ2) is 7.29. The van der Waals surface area contributed by atoms with Crippen LogP contribution in [0.4, 0.5) is 10.5 Å². The van der Waals surface area contributed by atoms with Crippen LogP contribution < -0.4 is 5.32 Å². The number of amides is 2. The van der Waals surface area contributed by atoms with Crippen LogP contribution >= 0.6 is 11.3 Å². The number of likely N-dealkylation sites (tertiary alicyclic amines) is 1. The predicted octanol–water partition coefficient (Wildman–Crippen LogP) is 4.01. The van der Waals surface area contributed by atoms with Crippen molar-refractivity contribution in [3.05, 3.63) is 53.1 Å². The molecule has 0 unspecified atom stereocenters. The van der Waals surface area contributed by atoms with Crippen molar-refractivity contribution >= 4 is 23.1 Å². The van der Waals surface area contributed by atoms with Gasteiger partial charge in [0.2, 0.25) is 0 Å². The molecule has 134 valence electrons. The van der Waals surface area contributed by atoms with Gasteiger partial charge in [0.1, 0.15) is 0 Å². The van der Waals surface area contributed by atoms with Gasteiger partial charge in [-0.1, -0.05) is 12.1 Å². The van der Waals surface area contributed by atoms with Gasteiger partial charge in [-0.25, -0.2) is 9.78 Å². The lowest BCUT2D eigenvalue weighted by Gasteiger charge is -2.25. The first-order valence-electron chi connectivity index (χ1n) is 8.77. The number of benzene rings is 1. The molecule has 0 radical (unpaired) electrons. The number of rotatable bonds is 4. The molecule has 0 spiro atoms. The van der Waals surface area contributed by atoms with Crippen LogP contribution in [0, 0.1) is 6.92 Å². The van der Waals surface area contributed by atoms with Crippen molar-refractivity contribution in [2.24, 2.45) is 0 Å². The van der Waals surface area contributed by atoms with E-state index in [2.05, 4.69) is 15.4 Å². The van der Waals surface area contributed by atoms with Gasteiger partial charge < -0.3 is 10.2 Å². The van der Waals surface area contributed by atoms with Gasteiger partial charge in [0.25, 0.3) is 0 Å². The predicted molar refractivity (Wildman–Crippen MR) is 103 cm³/mol.